The third kappa shape index (κ3) is 3.11. The highest BCUT2D eigenvalue weighted by Crippen LogP contribution is 2.05. The first-order valence-electron chi connectivity index (χ1n) is 4.01. The first-order chi connectivity index (χ1) is 5.29. The molecule has 1 heterocycles. The minimum Gasteiger partial charge on any atom is -0.177 e. The fraction of sp³-hybridized carbons (Fsp3) is 0.857. The monoisotopic (exact) mass is 154 g/mol. The zero-order valence-corrected chi connectivity index (χ0v) is 7.04. The topological polar surface area (TPSA) is 54.5 Å². The van der Waals surface area contributed by atoms with Crippen LogP contribution in [0.1, 0.15) is 32.5 Å². The lowest BCUT2D eigenvalue weighted by Crippen LogP contribution is -1.92. The Labute approximate surface area is 66.4 Å². The van der Waals surface area contributed by atoms with Crippen LogP contribution in [0.5, 0.6) is 0 Å². The summed E-state index contributed by atoms with van der Waals surface area (Å²) in [4.78, 5) is 0. The molecule has 0 aromatic carbocycles. The SMILES string of the molecule is CC(C)CCCc1nn[nH]n1. The van der Waals surface area contributed by atoms with Crippen molar-refractivity contribution < 1.29 is 0 Å². The Hall–Kier alpha value is -0.930. The van der Waals surface area contributed by atoms with Gasteiger partial charge in [0.05, 0.1) is 0 Å². The lowest BCUT2D eigenvalue weighted by Gasteiger charge is -2.00. The normalized spacial score (nSPS) is 10.8. The molecule has 0 saturated carbocycles. The van der Waals surface area contributed by atoms with Crippen molar-refractivity contribution in [2.75, 3.05) is 0 Å². The summed E-state index contributed by atoms with van der Waals surface area (Å²) in [5.74, 6) is 1.59. The number of nitrogens with one attached hydrogen (secondary N) is 1. The maximum Gasteiger partial charge on any atom is 0.174 e. The highest BCUT2D eigenvalue weighted by molar-refractivity contribution is 4.75. The molecule has 1 rings (SSSR count). The average Bonchev–Trinajstić information content (AvgIpc) is 2.39. The van der Waals surface area contributed by atoms with Crippen molar-refractivity contribution in [3.05, 3.63) is 5.82 Å². The number of H-pyrrole nitrogens is 1. The molecule has 0 bridgehead atoms. The van der Waals surface area contributed by atoms with E-state index in [1.807, 2.05) is 0 Å². The minimum absolute atomic E-state index is 0.766. The van der Waals surface area contributed by atoms with Crippen LogP contribution in [0, 0.1) is 5.92 Å². The first-order valence-corrected chi connectivity index (χ1v) is 4.01. The van der Waals surface area contributed by atoms with Gasteiger partial charge in [-0.2, -0.15) is 5.21 Å². The molecule has 0 fully saturated rings. The molecule has 62 valence electrons. The van der Waals surface area contributed by atoms with Crippen molar-refractivity contribution in [3.8, 4) is 0 Å². The molecule has 0 radical (unpaired) electrons. The summed E-state index contributed by atoms with van der Waals surface area (Å²) in [5, 5.41) is 13.7. The maximum absolute atomic E-state index is 3.87. The lowest BCUT2D eigenvalue weighted by molar-refractivity contribution is 0.549. The van der Waals surface area contributed by atoms with Crippen molar-refractivity contribution in [1.82, 2.24) is 20.6 Å². The molecule has 0 aliphatic rings. The van der Waals surface area contributed by atoms with E-state index in [2.05, 4.69) is 34.5 Å². The van der Waals surface area contributed by atoms with E-state index in [-0.39, 0.29) is 0 Å². The molecule has 0 spiro atoms. The van der Waals surface area contributed by atoms with Gasteiger partial charge in [-0.05, 0) is 12.3 Å². The highest BCUT2D eigenvalue weighted by atomic mass is 15.5. The van der Waals surface area contributed by atoms with E-state index in [1.165, 1.54) is 6.42 Å². The number of aromatic amines is 1. The van der Waals surface area contributed by atoms with Crippen LogP contribution in [0.15, 0.2) is 0 Å². The number of nitrogens with zero attached hydrogens (tertiary/aromatic N) is 3. The van der Waals surface area contributed by atoms with Crippen LogP contribution in [0.25, 0.3) is 0 Å². The van der Waals surface area contributed by atoms with Crippen LogP contribution in [-0.4, -0.2) is 20.6 Å². The molecule has 0 saturated heterocycles. The zero-order valence-electron chi connectivity index (χ0n) is 7.04. The molecule has 4 nitrogen and oxygen atoms in total. The number of aromatic nitrogens is 4. The van der Waals surface area contributed by atoms with Gasteiger partial charge in [-0.1, -0.05) is 25.5 Å². The van der Waals surface area contributed by atoms with Crippen LogP contribution in [0.3, 0.4) is 0 Å². The summed E-state index contributed by atoms with van der Waals surface area (Å²) < 4.78 is 0. The Morgan fingerprint density at radius 3 is 2.82 bits per heavy atom. The quantitative estimate of drug-likeness (QED) is 0.708. The summed E-state index contributed by atoms with van der Waals surface area (Å²) in [7, 11) is 0. The Morgan fingerprint density at radius 1 is 1.45 bits per heavy atom. The molecule has 0 unspecified atom stereocenters. The summed E-state index contributed by atoms with van der Waals surface area (Å²) in [5.41, 5.74) is 0. The van der Waals surface area contributed by atoms with Crippen molar-refractivity contribution >= 4 is 0 Å². The van der Waals surface area contributed by atoms with Gasteiger partial charge < -0.3 is 0 Å². The van der Waals surface area contributed by atoms with Gasteiger partial charge in [0.25, 0.3) is 0 Å². The summed E-state index contributed by atoms with van der Waals surface area (Å²) >= 11 is 0. The van der Waals surface area contributed by atoms with E-state index < -0.39 is 0 Å². The second kappa shape index (κ2) is 4.05. The Morgan fingerprint density at radius 2 is 2.27 bits per heavy atom. The predicted molar refractivity (Wildman–Crippen MR) is 42.0 cm³/mol. The summed E-state index contributed by atoms with van der Waals surface area (Å²) in [6.07, 6.45) is 3.32. The Kier molecular flexibility index (Phi) is 3.01. The number of tetrazole rings is 1. The fourth-order valence-electron chi connectivity index (χ4n) is 0.957. The van der Waals surface area contributed by atoms with Crippen LogP contribution < -0.4 is 0 Å². The van der Waals surface area contributed by atoms with Crippen molar-refractivity contribution in [3.63, 3.8) is 0 Å². The van der Waals surface area contributed by atoms with Crippen LogP contribution in [0.4, 0.5) is 0 Å². The minimum atomic E-state index is 0.766. The maximum atomic E-state index is 3.87. The van der Waals surface area contributed by atoms with Crippen molar-refractivity contribution in [2.45, 2.75) is 33.1 Å². The second-order valence-corrected chi connectivity index (χ2v) is 3.11. The molecular formula is C7H14N4. The molecule has 1 aromatic rings. The van der Waals surface area contributed by atoms with E-state index in [1.54, 1.807) is 0 Å². The van der Waals surface area contributed by atoms with E-state index in [4.69, 9.17) is 0 Å². The van der Waals surface area contributed by atoms with Gasteiger partial charge in [0, 0.05) is 6.42 Å². The number of hydrogen-bond donors (Lipinski definition) is 1. The van der Waals surface area contributed by atoms with E-state index in [0.717, 1.165) is 24.6 Å². The molecule has 4 heteroatoms. The van der Waals surface area contributed by atoms with Gasteiger partial charge in [-0.25, -0.2) is 0 Å². The fourth-order valence-corrected chi connectivity index (χ4v) is 0.957. The molecule has 11 heavy (non-hydrogen) atoms. The van der Waals surface area contributed by atoms with Gasteiger partial charge in [0.1, 0.15) is 0 Å². The third-order valence-electron chi connectivity index (χ3n) is 1.57. The summed E-state index contributed by atoms with van der Waals surface area (Å²) in [6.45, 7) is 4.44. The second-order valence-electron chi connectivity index (χ2n) is 3.11. The molecule has 1 N–H and O–H groups in total. The molecule has 0 aliphatic carbocycles. The van der Waals surface area contributed by atoms with Crippen LogP contribution in [-0.2, 0) is 6.42 Å². The smallest absolute Gasteiger partial charge is 0.174 e. The van der Waals surface area contributed by atoms with Crippen molar-refractivity contribution in [2.24, 2.45) is 5.92 Å². The standard InChI is InChI=1S/C7H14N4/c1-6(2)4-3-5-7-8-10-11-9-7/h6H,3-5H2,1-2H3,(H,8,9,10,11). The van der Waals surface area contributed by atoms with Gasteiger partial charge >= 0.3 is 0 Å². The first kappa shape index (κ1) is 8.17. The zero-order chi connectivity index (χ0) is 8.10. The predicted octanol–water partition coefficient (Wildman–Crippen LogP) is 1.18. The highest BCUT2D eigenvalue weighted by Gasteiger charge is 1.98. The van der Waals surface area contributed by atoms with Crippen LogP contribution in [0.2, 0.25) is 0 Å². The molecule has 0 aliphatic heterocycles. The Bertz CT molecular complexity index is 180. The van der Waals surface area contributed by atoms with E-state index in [9.17, 15) is 0 Å². The summed E-state index contributed by atoms with van der Waals surface area (Å²) in [6, 6.07) is 0. The van der Waals surface area contributed by atoms with Gasteiger partial charge in [-0.15, -0.1) is 10.2 Å². The molecular weight excluding hydrogens is 140 g/mol. The van der Waals surface area contributed by atoms with E-state index >= 15 is 0 Å². The van der Waals surface area contributed by atoms with Gasteiger partial charge in [0.2, 0.25) is 0 Å². The number of hydrogen-bond acceptors (Lipinski definition) is 3. The van der Waals surface area contributed by atoms with Gasteiger partial charge in [-0.3, -0.25) is 0 Å². The number of rotatable bonds is 4. The largest absolute Gasteiger partial charge is 0.177 e. The Balaban J connectivity index is 2.14. The number of aryl methyl sites for hydroxylation is 1. The molecule has 0 amide bonds. The van der Waals surface area contributed by atoms with Crippen molar-refractivity contribution in [1.29, 1.82) is 0 Å². The molecule has 0 atom stereocenters. The lowest BCUT2D eigenvalue weighted by atomic mass is 10.1. The average molecular weight is 154 g/mol. The third-order valence-corrected chi connectivity index (χ3v) is 1.57. The molecule has 1 aromatic heterocycles. The van der Waals surface area contributed by atoms with Gasteiger partial charge in [0.15, 0.2) is 5.82 Å². The van der Waals surface area contributed by atoms with E-state index in [0.29, 0.717) is 0 Å². The van der Waals surface area contributed by atoms with Crippen LogP contribution >= 0.6 is 0 Å².